The van der Waals surface area contributed by atoms with Crippen LogP contribution in [0.1, 0.15) is 22.9 Å². The van der Waals surface area contributed by atoms with Gasteiger partial charge in [0.25, 0.3) is 5.91 Å². The number of carbonyl (C=O) groups is 2. The molecule has 3 aromatic rings. The third-order valence-corrected chi connectivity index (χ3v) is 7.48. The molecular formula is C26H20N2O5S. The molecule has 0 aliphatic carbocycles. The van der Waals surface area contributed by atoms with Gasteiger partial charge in [-0.25, -0.2) is 13.2 Å². The van der Waals surface area contributed by atoms with Crippen molar-refractivity contribution in [2.24, 2.45) is 0 Å². The molecule has 0 spiro atoms. The monoisotopic (exact) mass is 472 g/mol. The van der Waals surface area contributed by atoms with Crippen molar-refractivity contribution in [2.45, 2.75) is 11.5 Å². The van der Waals surface area contributed by atoms with Gasteiger partial charge in [-0.15, -0.1) is 0 Å². The lowest BCUT2D eigenvalue weighted by Gasteiger charge is -2.44. The minimum atomic E-state index is -3.70. The number of hydrogen-bond donors (Lipinski definition) is 0. The zero-order chi connectivity index (χ0) is 23.7. The van der Waals surface area contributed by atoms with Crippen molar-refractivity contribution in [3.8, 4) is 0 Å². The standard InChI is InChI=1S/C26H20N2O5S/c29-24-21(17-20-13-7-8-15-27-20)25-28(24)22(14-16-34(25,31)32)26(30)33-23(18-9-3-1-4-10-18)19-11-5-2-6-12-19/h1-15,17,23,25H,16H2/b21-17+. The van der Waals surface area contributed by atoms with Gasteiger partial charge < -0.3 is 4.74 Å². The zero-order valence-electron chi connectivity index (χ0n) is 17.9. The van der Waals surface area contributed by atoms with E-state index in [0.29, 0.717) is 5.69 Å². The first kappa shape index (κ1) is 21.8. The Kier molecular flexibility index (Phi) is 5.59. The summed E-state index contributed by atoms with van der Waals surface area (Å²) in [7, 11) is -3.70. The van der Waals surface area contributed by atoms with Gasteiger partial charge in [0.1, 0.15) is 5.70 Å². The fourth-order valence-electron chi connectivity index (χ4n) is 4.09. The summed E-state index contributed by atoms with van der Waals surface area (Å²) in [4.78, 5) is 31.3. The predicted molar refractivity (Wildman–Crippen MR) is 126 cm³/mol. The predicted octanol–water partition coefficient (Wildman–Crippen LogP) is 3.28. The maximum Gasteiger partial charge on any atom is 0.355 e. The highest BCUT2D eigenvalue weighted by Gasteiger charge is 2.55. The van der Waals surface area contributed by atoms with E-state index in [9.17, 15) is 18.0 Å². The van der Waals surface area contributed by atoms with E-state index in [1.165, 1.54) is 12.2 Å². The van der Waals surface area contributed by atoms with E-state index in [0.717, 1.165) is 16.0 Å². The van der Waals surface area contributed by atoms with Crippen molar-refractivity contribution in [3.63, 3.8) is 0 Å². The average molecular weight is 473 g/mol. The number of fused-ring (bicyclic) bond motifs is 1. The molecule has 0 bridgehead atoms. The Morgan fingerprint density at radius 1 is 0.971 bits per heavy atom. The molecular weight excluding hydrogens is 452 g/mol. The molecule has 1 atom stereocenters. The van der Waals surface area contributed by atoms with Crippen molar-refractivity contribution in [3.05, 3.63) is 119 Å². The van der Waals surface area contributed by atoms with E-state index in [1.807, 2.05) is 60.7 Å². The lowest BCUT2D eigenvalue weighted by molar-refractivity contribution is -0.149. The number of sulfone groups is 1. The molecule has 1 fully saturated rings. The summed E-state index contributed by atoms with van der Waals surface area (Å²) in [6.45, 7) is 0. The van der Waals surface area contributed by atoms with Crippen LogP contribution in [0.3, 0.4) is 0 Å². The molecule has 34 heavy (non-hydrogen) atoms. The van der Waals surface area contributed by atoms with Crippen LogP contribution in [-0.4, -0.2) is 41.3 Å². The first-order valence-corrected chi connectivity index (χ1v) is 12.4. The van der Waals surface area contributed by atoms with Gasteiger partial charge in [-0.1, -0.05) is 66.7 Å². The highest BCUT2D eigenvalue weighted by molar-refractivity contribution is 7.92. The minimum absolute atomic E-state index is 0.0696. The van der Waals surface area contributed by atoms with Crippen LogP contribution in [-0.2, 0) is 24.2 Å². The Bertz CT molecular complexity index is 1360. The summed E-state index contributed by atoms with van der Waals surface area (Å²) in [5, 5.41) is -1.23. The maximum atomic E-state index is 13.3. The molecule has 1 unspecified atom stereocenters. The number of ether oxygens (including phenoxy) is 1. The first-order chi connectivity index (χ1) is 16.5. The number of carbonyl (C=O) groups excluding carboxylic acids is 2. The number of pyridine rings is 1. The number of hydrogen-bond acceptors (Lipinski definition) is 6. The third kappa shape index (κ3) is 3.92. The fraction of sp³-hybridized carbons (Fsp3) is 0.115. The van der Waals surface area contributed by atoms with Crippen molar-refractivity contribution in [2.75, 3.05) is 5.75 Å². The lowest BCUT2D eigenvalue weighted by Crippen LogP contribution is -2.61. The van der Waals surface area contributed by atoms with Gasteiger partial charge in [0, 0.05) is 6.20 Å². The molecule has 1 saturated heterocycles. The van der Waals surface area contributed by atoms with Crippen molar-refractivity contribution in [1.29, 1.82) is 0 Å². The molecule has 2 aliphatic heterocycles. The Balaban J connectivity index is 1.46. The van der Waals surface area contributed by atoms with Gasteiger partial charge in [-0.05, 0) is 35.4 Å². The fourth-order valence-corrected chi connectivity index (χ4v) is 5.74. The molecule has 1 aromatic heterocycles. The van der Waals surface area contributed by atoms with E-state index in [-0.39, 0.29) is 17.0 Å². The second kappa shape index (κ2) is 8.72. The van der Waals surface area contributed by atoms with E-state index in [4.69, 9.17) is 4.74 Å². The van der Waals surface area contributed by atoms with E-state index in [2.05, 4.69) is 4.98 Å². The second-order valence-corrected chi connectivity index (χ2v) is 10.0. The molecule has 0 N–H and O–H groups in total. The van der Waals surface area contributed by atoms with Crippen LogP contribution in [0.25, 0.3) is 6.08 Å². The Labute approximate surface area is 196 Å². The van der Waals surface area contributed by atoms with Crippen LogP contribution in [0.5, 0.6) is 0 Å². The molecule has 0 radical (unpaired) electrons. The Hall–Kier alpha value is -4.04. The van der Waals surface area contributed by atoms with Crippen LogP contribution in [0.2, 0.25) is 0 Å². The summed E-state index contributed by atoms with van der Waals surface area (Å²) >= 11 is 0. The van der Waals surface area contributed by atoms with Crippen LogP contribution in [0, 0.1) is 0 Å². The topological polar surface area (TPSA) is 93.6 Å². The Morgan fingerprint density at radius 3 is 2.18 bits per heavy atom. The summed E-state index contributed by atoms with van der Waals surface area (Å²) < 4.78 is 31.4. The van der Waals surface area contributed by atoms with Crippen LogP contribution < -0.4 is 0 Å². The maximum absolute atomic E-state index is 13.3. The van der Waals surface area contributed by atoms with Gasteiger partial charge >= 0.3 is 5.97 Å². The number of aromatic nitrogens is 1. The number of rotatable bonds is 5. The molecule has 1 amide bonds. The summed E-state index contributed by atoms with van der Waals surface area (Å²) in [5.41, 5.74) is 1.99. The van der Waals surface area contributed by atoms with Crippen LogP contribution in [0.4, 0.5) is 0 Å². The van der Waals surface area contributed by atoms with Gasteiger partial charge in [0.05, 0.1) is 17.0 Å². The summed E-state index contributed by atoms with van der Waals surface area (Å²) in [6, 6.07) is 23.6. The first-order valence-electron chi connectivity index (χ1n) is 10.6. The quantitative estimate of drug-likeness (QED) is 0.321. The molecule has 3 heterocycles. The van der Waals surface area contributed by atoms with Crippen LogP contribution >= 0.6 is 0 Å². The highest BCUT2D eigenvalue weighted by atomic mass is 32.2. The lowest BCUT2D eigenvalue weighted by atomic mass is 10.0. The van der Waals surface area contributed by atoms with E-state index in [1.54, 1.807) is 24.4 Å². The van der Waals surface area contributed by atoms with Crippen molar-refractivity contribution >= 4 is 27.8 Å². The molecule has 170 valence electrons. The number of benzene rings is 2. The molecule has 0 saturated carbocycles. The Morgan fingerprint density at radius 2 is 1.59 bits per heavy atom. The molecule has 5 rings (SSSR count). The number of esters is 1. The summed E-state index contributed by atoms with van der Waals surface area (Å²) in [5.74, 6) is -1.69. The number of β-lactam (4-membered cyclic amide) rings is 1. The number of amides is 1. The highest BCUT2D eigenvalue weighted by Crippen LogP contribution is 2.39. The van der Waals surface area contributed by atoms with E-state index < -0.39 is 33.2 Å². The summed E-state index contributed by atoms with van der Waals surface area (Å²) in [6.07, 6.45) is 3.54. The van der Waals surface area contributed by atoms with Gasteiger partial charge in [-0.3, -0.25) is 14.7 Å². The second-order valence-electron chi connectivity index (χ2n) is 7.91. The van der Waals surface area contributed by atoms with Gasteiger partial charge in [0.2, 0.25) is 0 Å². The van der Waals surface area contributed by atoms with Crippen molar-refractivity contribution < 1.29 is 22.7 Å². The third-order valence-electron chi connectivity index (χ3n) is 5.70. The average Bonchev–Trinajstić information content (AvgIpc) is 2.87. The van der Waals surface area contributed by atoms with Crippen molar-refractivity contribution in [1.82, 2.24) is 9.88 Å². The molecule has 2 aromatic carbocycles. The normalized spacial score (nSPS) is 19.9. The SMILES string of the molecule is O=C(OC(c1ccccc1)c1ccccc1)C1=CCS(=O)(=O)C2/C(=C/c3ccccn3)C(=O)N12. The molecule has 7 nitrogen and oxygen atoms in total. The molecule has 2 aliphatic rings. The van der Waals surface area contributed by atoms with Gasteiger partial charge in [0.15, 0.2) is 21.3 Å². The molecule has 8 heteroatoms. The largest absolute Gasteiger partial charge is 0.448 e. The smallest absolute Gasteiger partial charge is 0.355 e. The zero-order valence-corrected chi connectivity index (χ0v) is 18.8. The minimum Gasteiger partial charge on any atom is -0.448 e. The van der Waals surface area contributed by atoms with Gasteiger partial charge in [-0.2, -0.15) is 0 Å². The number of nitrogens with zero attached hydrogens (tertiary/aromatic N) is 2. The van der Waals surface area contributed by atoms with E-state index >= 15 is 0 Å². The van der Waals surface area contributed by atoms with Crippen LogP contribution in [0.15, 0.2) is 102 Å².